The Kier molecular flexibility index (Phi) is 0.887. The van der Waals surface area contributed by atoms with Gasteiger partial charge in [0.05, 0.1) is 12.4 Å². The first-order valence-electron chi connectivity index (χ1n) is 2.78. The first kappa shape index (κ1) is 5.22. The van der Waals surface area contributed by atoms with Crippen molar-refractivity contribution in [1.29, 1.82) is 0 Å². The SMILES string of the molecule is C=Nc1cn2cncc2o1. The second-order valence-corrected chi connectivity index (χ2v) is 1.87. The molecule has 0 aliphatic rings. The highest BCUT2D eigenvalue weighted by Crippen LogP contribution is 2.15. The summed E-state index contributed by atoms with van der Waals surface area (Å²) in [7, 11) is 0. The standard InChI is InChI=1S/C6H5N3O/c1-7-5-3-9-4-8-2-6(9)10-5/h2-4H,1H2. The fourth-order valence-corrected chi connectivity index (χ4v) is 0.794. The highest BCUT2D eigenvalue weighted by Gasteiger charge is 1.98. The lowest BCUT2D eigenvalue weighted by Crippen LogP contribution is -1.66. The molecule has 0 bridgehead atoms. The van der Waals surface area contributed by atoms with Gasteiger partial charge in [0.2, 0.25) is 11.6 Å². The Hall–Kier alpha value is -1.58. The summed E-state index contributed by atoms with van der Waals surface area (Å²) in [6, 6.07) is 0. The zero-order valence-electron chi connectivity index (χ0n) is 5.19. The van der Waals surface area contributed by atoms with E-state index in [1.165, 1.54) is 0 Å². The van der Waals surface area contributed by atoms with Crippen LogP contribution in [-0.4, -0.2) is 16.1 Å². The molecule has 10 heavy (non-hydrogen) atoms. The van der Waals surface area contributed by atoms with E-state index < -0.39 is 0 Å². The highest BCUT2D eigenvalue weighted by molar-refractivity contribution is 5.42. The number of rotatable bonds is 1. The van der Waals surface area contributed by atoms with Crippen LogP contribution in [0.5, 0.6) is 0 Å². The van der Waals surface area contributed by atoms with Gasteiger partial charge in [-0.05, 0) is 6.72 Å². The molecule has 0 aliphatic carbocycles. The van der Waals surface area contributed by atoms with Crippen LogP contribution in [0.15, 0.2) is 28.1 Å². The Balaban J connectivity index is 2.78. The van der Waals surface area contributed by atoms with Crippen molar-refractivity contribution in [1.82, 2.24) is 9.38 Å². The van der Waals surface area contributed by atoms with E-state index in [1.54, 1.807) is 23.1 Å². The maximum atomic E-state index is 5.13. The smallest absolute Gasteiger partial charge is 0.237 e. The minimum atomic E-state index is 0.511. The van der Waals surface area contributed by atoms with E-state index >= 15 is 0 Å². The van der Waals surface area contributed by atoms with Gasteiger partial charge in [-0.25, -0.2) is 9.98 Å². The van der Waals surface area contributed by atoms with Crippen molar-refractivity contribution < 1.29 is 4.42 Å². The molecule has 2 heterocycles. The largest absolute Gasteiger partial charge is 0.419 e. The number of aromatic nitrogens is 2. The number of nitrogens with zero attached hydrogens (tertiary/aromatic N) is 3. The molecular formula is C6H5N3O. The lowest BCUT2D eigenvalue weighted by molar-refractivity contribution is 0.618. The number of hydrogen-bond acceptors (Lipinski definition) is 3. The second kappa shape index (κ2) is 1.70. The van der Waals surface area contributed by atoms with Gasteiger partial charge in [-0.3, -0.25) is 4.40 Å². The van der Waals surface area contributed by atoms with Gasteiger partial charge in [0, 0.05) is 0 Å². The van der Waals surface area contributed by atoms with Crippen LogP contribution in [0.2, 0.25) is 0 Å². The fourth-order valence-electron chi connectivity index (χ4n) is 0.794. The van der Waals surface area contributed by atoms with Gasteiger partial charge >= 0.3 is 0 Å². The van der Waals surface area contributed by atoms with Gasteiger partial charge in [0.1, 0.15) is 6.33 Å². The Morgan fingerprint density at radius 3 is 3.30 bits per heavy atom. The number of imidazole rings is 1. The maximum absolute atomic E-state index is 5.13. The van der Waals surface area contributed by atoms with E-state index in [2.05, 4.69) is 16.7 Å². The summed E-state index contributed by atoms with van der Waals surface area (Å²) in [5, 5.41) is 0. The van der Waals surface area contributed by atoms with Gasteiger partial charge in [-0.15, -0.1) is 0 Å². The summed E-state index contributed by atoms with van der Waals surface area (Å²) in [5.41, 5.74) is 0.683. The minimum Gasteiger partial charge on any atom is -0.419 e. The van der Waals surface area contributed by atoms with Gasteiger partial charge in [-0.1, -0.05) is 0 Å². The zero-order chi connectivity index (χ0) is 6.97. The minimum absolute atomic E-state index is 0.511. The van der Waals surface area contributed by atoms with Crippen molar-refractivity contribution in [3.63, 3.8) is 0 Å². The van der Waals surface area contributed by atoms with Crippen molar-refractivity contribution in [3.8, 4) is 0 Å². The van der Waals surface area contributed by atoms with Crippen LogP contribution in [-0.2, 0) is 0 Å². The molecular weight excluding hydrogens is 130 g/mol. The monoisotopic (exact) mass is 135 g/mol. The van der Waals surface area contributed by atoms with Crippen LogP contribution in [0, 0.1) is 0 Å². The van der Waals surface area contributed by atoms with E-state index in [0.29, 0.717) is 11.6 Å². The molecule has 50 valence electrons. The predicted octanol–water partition coefficient (Wildman–Crippen LogP) is 1.26. The Bertz CT molecular complexity index is 331. The molecule has 2 aromatic heterocycles. The van der Waals surface area contributed by atoms with Gasteiger partial charge in [0.25, 0.3) is 0 Å². The van der Waals surface area contributed by atoms with Crippen molar-refractivity contribution in [2.75, 3.05) is 0 Å². The Labute approximate surface area is 56.8 Å². The average Bonchev–Trinajstić information content (AvgIpc) is 2.42. The van der Waals surface area contributed by atoms with Crippen LogP contribution in [0.4, 0.5) is 5.88 Å². The van der Waals surface area contributed by atoms with Crippen LogP contribution in [0.1, 0.15) is 0 Å². The van der Waals surface area contributed by atoms with Gasteiger partial charge < -0.3 is 4.42 Å². The molecule has 0 aliphatic heterocycles. The molecule has 4 nitrogen and oxygen atoms in total. The Morgan fingerprint density at radius 1 is 1.70 bits per heavy atom. The quantitative estimate of drug-likeness (QED) is 0.552. The van der Waals surface area contributed by atoms with Crippen LogP contribution in [0.25, 0.3) is 5.71 Å². The topological polar surface area (TPSA) is 42.8 Å². The highest BCUT2D eigenvalue weighted by atomic mass is 16.4. The third-order valence-corrected chi connectivity index (χ3v) is 1.25. The molecule has 0 spiro atoms. The molecule has 0 unspecified atom stereocenters. The third-order valence-electron chi connectivity index (χ3n) is 1.25. The van der Waals surface area contributed by atoms with Crippen molar-refractivity contribution in [2.45, 2.75) is 0 Å². The summed E-state index contributed by atoms with van der Waals surface area (Å²) in [6.07, 6.45) is 4.98. The normalized spacial score (nSPS) is 10.4. The molecule has 0 atom stereocenters. The van der Waals surface area contributed by atoms with Gasteiger partial charge in [-0.2, -0.15) is 0 Å². The summed E-state index contributed by atoms with van der Waals surface area (Å²) in [6.45, 7) is 3.33. The number of aliphatic imine (C=N–C) groups is 1. The van der Waals surface area contributed by atoms with Crippen LogP contribution >= 0.6 is 0 Å². The molecule has 0 aromatic carbocycles. The van der Waals surface area contributed by atoms with Crippen molar-refractivity contribution >= 4 is 18.3 Å². The first-order chi connectivity index (χ1) is 4.90. The fraction of sp³-hybridized carbons (Fsp3) is 0. The van der Waals surface area contributed by atoms with Gasteiger partial charge in [0.15, 0.2) is 0 Å². The predicted molar refractivity (Wildman–Crippen MR) is 36.7 cm³/mol. The van der Waals surface area contributed by atoms with Crippen molar-refractivity contribution in [3.05, 3.63) is 18.7 Å². The molecule has 0 fully saturated rings. The average molecular weight is 135 g/mol. The summed E-state index contributed by atoms with van der Waals surface area (Å²) in [5.74, 6) is 0.511. The van der Waals surface area contributed by atoms with E-state index in [9.17, 15) is 0 Å². The molecule has 0 saturated heterocycles. The summed E-state index contributed by atoms with van der Waals surface area (Å²) in [4.78, 5) is 7.46. The molecule has 2 rings (SSSR count). The first-order valence-corrected chi connectivity index (χ1v) is 2.78. The number of oxazole rings is 1. The van der Waals surface area contributed by atoms with E-state index in [0.717, 1.165) is 0 Å². The van der Waals surface area contributed by atoms with Crippen LogP contribution in [0.3, 0.4) is 0 Å². The number of hydrogen-bond donors (Lipinski definition) is 0. The van der Waals surface area contributed by atoms with E-state index in [1.807, 2.05) is 0 Å². The Morgan fingerprint density at radius 2 is 2.60 bits per heavy atom. The second-order valence-electron chi connectivity index (χ2n) is 1.87. The zero-order valence-corrected chi connectivity index (χ0v) is 5.19. The summed E-state index contributed by atoms with van der Waals surface area (Å²) >= 11 is 0. The summed E-state index contributed by atoms with van der Waals surface area (Å²) < 4.78 is 6.87. The van der Waals surface area contributed by atoms with Crippen LogP contribution < -0.4 is 0 Å². The number of fused-ring (bicyclic) bond motifs is 1. The molecule has 2 aromatic rings. The van der Waals surface area contributed by atoms with E-state index in [4.69, 9.17) is 4.42 Å². The lowest BCUT2D eigenvalue weighted by Gasteiger charge is -1.74. The van der Waals surface area contributed by atoms with Crippen molar-refractivity contribution in [2.24, 2.45) is 4.99 Å². The molecule has 0 saturated carbocycles. The van der Waals surface area contributed by atoms with E-state index in [-0.39, 0.29) is 0 Å². The lowest BCUT2D eigenvalue weighted by atomic mass is 10.8. The third kappa shape index (κ3) is 0.556. The molecule has 0 N–H and O–H groups in total. The molecule has 0 amide bonds. The maximum Gasteiger partial charge on any atom is 0.237 e. The molecule has 0 radical (unpaired) electrons. The molecule has 4 heteroatoms.